The topological polar surface area (TPSA) is 49.8 Å². The molecule has 1 N–H and O–H groups in total. The molecule has 128 valence electrons. The Morgan fingerprint density at radius 2 is 1.83 bits per heavy atom. The molecule has 1 fully saturated rings. The van der Waals surface area contributed by atoms with Gasteiger partial charge in [-0.3, -0.25) is 4.90 Å². The summed E-state index contributed by atoms with van der Waals surface area (Å²) in [6.07, 6.45) is 0.180. The maximum absolute atomic E-state index is 13.5. The number of carbonyl (C=O) groups is 1. The number of hydrogen-bond acceptors (Lipinski definition) is 3. The number of carbonyl (C=O) groups excluding carboxylic acids is 1. The molecule has 1 amide bonds. The highest BCUT2D eigenvalue weighted by Gasteiger charge is 2.40. The van der Waals surface area contributed by atoms with Crippen molar-refractivity contribution in [1.82, 2.24) is 4.90 Å². The van der Waals surface area contributed by atoms with E-state index in [2.05, 4.69) is 0 Å². The molecule has 1 saturated heterocycles. The van der Waals surface area contributed by atoms with E-state index in [1.54, 1.807) is 20.8 Å². The van der Waals surface area contributed by atoms with Crippen molar-refractivity contribution in [2.75, 3.05) is 6.61 Å². The van der Waals surface area contributed by atoms with E-state index in [0.29, 0.717) is 12.8 Å². The average Bonchev–Trinajstić information content (AvgIpc) is 2.86. The first-order valence-corrected chi connectivity index (χ1v) is 7.40. The number of ether oxygens (including phenoxy) is 1. The van der Waals surface area contributed by atoms with Crippen LogP contribution in [-0.2, 0) is 4.74 Å². The van der Waals surface area contributed by atoms with Crippen LogP contribution in [0.1, 0.15) is 45.2 Å². The SMILES string of the molecule is CC(C)(C)OC(=O)N1C(CO)CCC1c1cc(F)c(F)c(F)c1. The molecule has 1 aromatic carbocycles. The molecule has 2 rings (SSSR count). The highest BCUT2D eigenvalue weighted by Crippen LogP contribution is 2.38. The monoisotopic (exact) mass is 331 g/mol. The number of hydrogen-bond donors (Lipinski definition) is 1. The number of rotatable bonds is 2. The Balaban J connectivity index is 2.35. The van der Waals surface area contributed by atoms with E-state index in [4.69, 9.17) is 4.74 Å². The van der Waals surface area contributed by atoms with Gasteiger partial charge in [-0.2, -0.15) is 0 Å². The summed E-state index contributed by atoms with van der Waals surface area (Å²) in [6, 6.07) is 0.568. The van der Waals surface area contributed by atoms with Crippen molar-refractivity contribution < 1.29 is 27.8 Å². The molecule has 7 heteroatoms. The molecule has 0 aromatic heterocycles. The summed E-state index contributed by atoms with van der Waals surface area (Å²) in [5.74, 6) is -4.16. The van der Waals surface area contributed by atoms with Crippen LogP contribution in [0.5, 0.6) is 0 Å². The molecular weight excluding hydrogens is 311 g/mol. The van der Waals surface area contributed by atoms with Gasteiger partial charge in [0.05, 0.1) is 18.7 Å². The second-order valence-corrected chi connectivity index (χ2v) is 6.62. The summed E-state index contributed by atoms with van der Waals surface area (Å²) < 4.78 is 45.4. The number of amides is 1. The smallest absolute Gasteiger partial charge is 0.411 e. The molecule has 0 bridgehead atoms. The van der Waals surface area contributed by atoms with Crippen molar-refractivity contribution in [2.24, 2.45) is 0 Å². The Bertz CT molecular complexity index is 578. The number of aliphatic hydroxyl groups is 1. The van der Waals surface area contributed by atoms with Crippen molar-refractivity contribution in [2.45, 2.75) is 51.3 Å². The van der Waals surface area contributed by atoms with Crippen molar-refractivity contribution >= 4 is 6.09 Å². The van der Waals surface area contributed by atoms with E-state index in [1.165, 1.54) is 4.90 Å². The number of aliphatic hydroxyl groups excluding tert-OH is 1. The van der Waals surface area contributed by atoms with Gasteiger partial charge in [-0.25, -0.2) is 18.0 Å². The molecule has 1 aliphatic rings. The van der Waals surface area contributed by atoms with E-state index in [9.17, 15) is 23.1 Å². The van der Waals surface area contributed by atoms with Gasteiger partial charge in [-0.15, -0.1) is 0 Å². The molecule has 2 atom stereocenters. The predicted molar refractivity (Wildman–Crippen MR) is 77.2 cm³/mol. The van der Waals surface area contributed by atoms with Crippen LogP contribution in [0.25, 0.3) is 0 Å². The van der Waals surface area contributed by atoms with E-state index in [1.807, 2.05) is 0 Å². The van der Waals surface area contributed by atoms with Gasteiger partial charge in [0.25, 0.3) is 0 Å². The van der Waals surface area contributed by atoms with Gasteiger partial charge in [0.15, 0.2) is 17.5 Å². The van der Waals surface area contributed by atoms with E-state index < -0.39 is 41.2 Å². The van der Waals surface area contributed by atoms with Crippen molar-refractivity contribution in [3.8, 4) is 0 Å². The van der Waals surface area contributed by atoms with Gasteiger partial charge in [-0.05, 0) is 51.3 Å². The second kappa shape index (κ2) is 6.39. The van der Waals surface area contributed by atoms with Crippen LogP contribution in [0.4, 0.5) is 18.0 Å². The fourth-order valence-electron chi connectivity index (χ4n) is 2.75. The number of benzene rings is 1. The molecule has 23 heavy (non-hydrogen) atoms. The maximum Gasteiger partial charge on any atom is 0.411 e. The van der Waals surface area contributed by atoms with Crippen LogP contribution < -0.4 is 0 Å². The quantitative estimate of drug-likeness (QED) is 0.844. The Kier molecular flexibility index (Phi) is 4.89. The zero-order valence-electron chi connectivity index (χ0n) is 13.3. The fraction of sp³-hybridized carbons (Fsp3) is 0.562. The minimum atomic E-state index is -1.55. The molecule has 0 radical (unpaired) electrons. The second-order valence-electron chi connectivity index (χ2n) is 6.62. The van der Waals surface area contributed by atoms with Crippen LogP contribution in [0.3, 0.4) is 0 Å². The molecule has 1 heterocycles. The lowest BCUT2D eigenvalue weighted by atomic mass is 10.0. The van der Waals surface area contributed by atoms with Crippen molar-refractivity contribution in [3.63, 3.8) is 0 Å². The Morgan fingerprint density at radius 1 is 1.26 bits per heavy atom. The number of halogens is 3. The molecule has 1 aromatic rings. The minimum absolute atomic E-state index is 0.142. The number of nitrogens with zero attached hydrogens (tertiary/aromatic N) is 1. The van der Waals surface area contributed by atoms with Gasteiger partial charge >= 0.3 is 6.09 Å². The highest BCUT2D eigenvalue weighted by molar-refractivity contribution is 5.70. The summed E-state index contributed by atoms with van der Waals surface area (Å²) in [7, 11) is 0. The van der Waals surface area contributed by atoms with Crippen molar-refractivity contribution in [1.29, 1.82) is 0 Å². The molecule has 1 aliphatic heterocycles. The molecule has 0 saturated carbocycles. The summed E-state index contributed by atoms with van der Waals surface area (Å²) in [5.41, 5.74) is -0.605. The average molecular weight is 331 g/mol. The Morgan fingerprint density at radius 3 is 2.30 bits per heavy atom. The van der Waals surface area contributed by atoms with Crippen LogP contribution >= 0.6 is 0 Å². The van der Waals surface area contributed by atoms with E-state index >= 15 is 0 Å². The Hall–Kier alpha value is -1.76. The first-order valence-electron chi connectivity index (χ1n) is 7.40. The summed E-state index contributed by atoms with van der Waals surface area (Å²) in [4.78, 5) is 13.7. The molecule has 4 nitrogen and oxygen atoms in total. The lowest BCUT2D eigenvalue weighted by molar-refractivity contribution is 0.00861. The minimum Gasteiger partial charge on any atom is -0.444 e. The third-order valence-electron chi connectivity index (χ3n) is 3.71. The third-order valence-corrected chi connectivity index (χ3v) is 3.71. The summed E-state index contributed by atoms with van der Waals surface area (Å²) >= 11 is 0. The molecular formula is C16H20F3NO3. The zero-order valence-corrected chi connectivity index (χ0v) is 13.3. The molecule has 0 aliphatic carbocycles. The number of likely N-dealkylation sites (tertiary alicyclic amines) is 1. The van der Waals surface area contributed by atoms with Crippen LogP contribution in [0.15, 0.2) is 12.1 Å². The first kappa shape index (κ1) is 17.6. The Labute approximate surface area is 132 Å². The zero-order chi connectivity index (χ0) is 17.4. The van der Waals surface area contributed by atoms with Gasteiger partial charge in [0, 0.05) is 0 Å². The lowest BCUT2D eigenvalue weighted by Crippen LogP contribution is -2.42. The fourth-order valence-corrected chi connectivity index (χ4v) is 2.75. The normalized spacial score (nSPS) is 21.6. The highest BCUT2D eigenvalue weighted by atomic mass is 19.2. The first-order chi connectivity index (χ1) is 10.6. The van der Waals surface area contributed by atoms with Crippen LogP contribution in [-0.4, -0.2) is 34.3 Å². The van der Waals surface area contributed by atoms with Gasteiger partial charge in [0.1, 0.15) is 5.60 Å². The van der Waals surface area contributed by atoms with Gasteiger partial charge in [0.2, 0.25) is 0 Å². The van der Waals surface area contributed by atoms with Gasteiger partial charge < -0.3 is 9.84 Å². The van der Waals surface area contributed by atoms with Crippen molar-refractivity contribution in [3.05, 3.63) is 35.1 Å². The summed E-state index contributed by atoms with van der Waals surface area (Å²) in [6.45, 7) is 4.80. The third kappa shape index (κ3) is 3.77. The largest absolute Gasteiger partial charge is 0.444 e. The van der Waals surface area contributed by atoms with Crippen LogP contribution in [0, 0.1) is 17.5 Å². The molecule has 2 unspecified atom stereocenters. The standard InChI is InChI=1S/C16H20F3NO3/c1-16(2,3)23-15(22)20-10(8-21)4-5-13(20)9-6-11(17)14(19)12(18)7-9/h6-7,10,13,21H,4-5,8H2,1-3H3. The predicted octanol–water partition coefficient (Wildman–Crippen LogP) is 3.54. The van der Waals surface area contributed by atoms with E-state index in [0.717, 1.165) is 12.1 Å². The van der Waals surface area contributed by atoms with Gasteiger partial charge in [-0.1, -0.05) is 0 Å². The lowest BCUT2D eigenvalue weighted by Gasteiger charge is -2.32. The summed E-state index contributed by atoms with van der Waals surface area (Å²) in [5, 5.41) is 9.44. The molecule has 0 spiro atoms. The van der Waals surface area contributed by atoms with Crippen LogP contribution in [0.2, 0.25) is 0 Å². The van der Waals surface area contributed by atoms with E-state index in [-0.39, 0.29) is 12.2 Å². The maximum atomic E-state index is 13.5.